The quantitative estimate of drug-likeness (QED) is 0.469. The third kappa shape index (κ3) is 4.60. The van der Waals surface area contributed by atoms with E-state index >= 15 is 0 Å². The summed E-state index contributed by atoms with van der Waals surface area (Å²) < 4.78 is 0. The average molecular weight is 398 g/mol. The Hall–Kier alpha value is -3.52. The summed E-state index contributed by atoms with van der Waals surface area (Å²) in [4.78, 5) is 30.3. The van der Waals surface area contributed by atoms with Gasteiger partial charge in [0.15, 0.2) is 0 Å². The molecule has 2 heterocycles. The van der Waals surface area contributed by atoms with Crippen LogP contribution < -0.4 is 10.6 Å². The van der Waals surface area contributed by atoms with Crippen LogP contribution in [-0.2, 0) is 0 Å². The van der Waals surface area contributed by atoms with Gasteiger partial charge in [0.05, 0.1) is 9.95 Å². The molecule has 0 bridgehead atoms. The Labute approximate surface area is 165 Å². The Morgan fingerprint density at radius 3 is 2.46 bits per heavy atom. The van der Waals surface area contributed by atoms with Crippen LogP contribution in [0.3, 0.4) is 0 Å². The van der Waals surface area contributed by atoms with Gasteiger partial charge >= 0.3 is 0 Å². The number of halogens is 1. The minimum Gasteiger partial charge on any atom is -0.362 e. The lowest BCUT2D eigenvalue weighted by molar-refractivity contribution is -0.385. The summed E-state index contributed by atoms with van der Waals surface area (Å²) in [7, 11) is 0. The van der Waals surface area contributed by atoms with Crippen molar-refractivity contribution >= 4 is 34.7 Å². The second-order valence-corrected chi connectivity index (χ2v) is 6.37. The molecule has 0 aliphatic carbocycles. The highest BCUT2D eigenvalue weighted by molar-refractivity contribution is 6.33. The fraction of sp³-hybridized carbons (Fsp3) is 0.105. The smallest absolute Gasteiger partial charge is 0.289 e. The number of amides is 1. The molecule has 142 valence electrons. The van der Waals surface area contributed by atoms with Gasteiger partial charge in [-0.05, 0) is 36.8 Å². The summed E-state index contributed by atoms with van der Waals surface area (Å²) in [5, 5.41) is 16.9. The molecule has 0 aliphatic rings. The van der Waals surface area contributed by atoms with Crippen LogP contribution in [-0.4, -0.2) is 20.8 Å². The fourth-order valence-electron chi connectivity index (χ4n) is 2.48. The number of pyridine rings is 2. The fourth-order valence-corrected chi connectivity index (χ4v) is 2.70. The molecule has 3 aromatic rings. The van der Waals surface area contributed by atoms with Gasteiger partial charge in [0, 0.05) is 35.8 Å². The highest BCUT2D eigenvalue weighted by atomic mass is 35.5. The molecule has 9 heteroatoms. The first-order valence-corrected chi connectivity index (χ1v) is 8.69. The number of benzene rings is 1. The van der Waals surface area contributed by atoms with Crippen molar-refractivity contribution in [2.45, 2.75) is 13.0 Å². The summed E-state index contributed by atoms with van der Waals surface area (Å²) in [6, 6.07) is 11.7. The van der Waals surface area contributed by atoms with E-state index in [0.717, 1.165) is 11.8 Å². The van der Waals surface area contributed by atoms with Crippen molar-refractivity contribution in [2.24, 2.45) is 0 Å². The lowest BCUT2D eigenvalue weighted by atomic mass is 10.1. The second kappa shape index (κ2) is 8.45. The van der Waals surface area contributed by atoms with E-state index in [2.05, 4.69) is 20.6 Å². The predicted octanol–water partition coefficient (Wildman–Crippen LogP) is 4.46. The molecule has 1 aromatic carbocycles. The van der Waals surface area contributed by atoms with Crippen LogP contribution >= 0.6 is 11.6 Å². The highest BCUT2D eigenvalue weighted by Crippen LogP contribution is 2.27. The van der Waals surface area contributed by atoms with Crippen molar-refractivity contribution in [1.29, 1.82) is 0 Å². The van der Waals surface area contributed by atoms with Gasteiger partial charge in [0.2, 0.25) is 0 Å². The first-order valence-electron chi connectivity index (χ1n) is 8.32. The normalized spacial score (nSPS) is 11.5. The van der Waals surface area contributed by atoms with Crippen molar-refractivity contribution in [3.05, 3.63) is 87.3 Å². The summed E-state index contributed by atoms with van der Waals surface area (Å²) in [6.07, 6.45) is 4.27. The van der Waals surface area contributed by atoms with Crippen LogP contribution in [0, 0.1) is 10.1 Å². The third-order valence-corrected chi connectivity index (χ3v) is 4.29. The van der Waals surface area contributed by atoms with Crippen LogP contribution in [0.5, 0.6) is 0 Å². The summed E-state index contributed by atoms with van der Waals surface area (Å²) in [5.41, 5.74) is 1.94. The third-order valence-electron chi connectivity index (χ3n) is 4.00. The minimum absolute atomic E-state index is 0.156. The van der Waals surface area contributed by atoms with Gasteiger partial charge < -0.3 is 10.6 Å². The van der Waals surface area contributed by atoms with Gasteiger partial charge in [-0.15, -0.1) is 0 Å². The SMILES string of the molecule is CC(Nc1ncc([N+](=O)[O-])cc1Cl)c1ccc(NC(=O)c2ccncc2)cc1. The lowest BCUT2D eigenvalue weighted by Crippen LogP contribution is -2.12. The number of hydrogen-bond donors (Lipinski definition) is 2. The molecule has 1 atom stereocenters. The molecule has 0 saturated heterocycles. The first kappa shape index (κ1) is 19.2. The number of nitrogens with zero attached hydrogens (tertiary/aromatic N) is 3. The Morgan fingerprint density at radius 1 is 1.18 bits per heavy atom. The summed E-state index contributed by atoms with van der Waals surface area (Å²) >= 11 is 6.06. The molecule has 0 saturated carbocycles. The monoisotopic (exact) mass is 397 g/mol. The Kier molecular flexibility index (Phi) is 5.81. The minimum atomic E-state index is -0.551. The van der Waals surface area contributed by atoms with E-state index in [1.54, 1.807) is 36.7 Å². The standard InChI is InChI=1S/C19H16ClN5O3/c1-12(23-18-17(20)10-16(11-22-18)25(27)28)13-2-4-15(5-3-13)24-19(26)14-6-8-21-9-7-14/h2-12H,1H3,(H,22,23)(H,24,26). The molecule has 0 radical (unpaired) electrons. The molecular formula is C19H16ClN5O3. The number of anilines is 2. The number of nitrogens with one attached hydrogen (secondary N) is 2. The largest absolute Gasteiger partial charge is 0.362 e. The van der Waals surface area contributed by atoms with Gasteiger partial charge in [-0.1, -0.05) is 23.7 Å². The Bertz CT molecular complexity index is 996. The van der Waals surface area contributed by atoms with E-state index in [1.165, 1.54) is 6.07 Å². The van der Waals surface area contributed by atoms with Crippen molar-refractivity contribution in [3.63, 3.8) is 0 Å². The molecule has 0 fully saturated rings. The van der Waals surface area contributed by atoms with Gasteiger partial charge in [0.25, 0.3) is 11.6 Å². The average Bonchev–Trinajstić information content (AvgIpc) is 2.70. The van der Waals surface area contributed by atoms with E-state index in [1.807, 2.05) is 19.1 Å². The van der Waals surface area contributed by atoms with Crippen LogP contribution in [0.2, 0.25) is 5.02 Å². The molecule has 28 heavy (non-hydrogen) atoms. The van der Waals surface area contributed by atoms with Crippen molar-refractivity contribution < 1.29 is 9.72 Å². The summed E-state index contributed by atoms with van der Waals surface area (Å²) in [6.45, 7) is 1.91. The van der Waals surface area contributed by atoms with Crippen molar-refractivity contribution in [1.82, 2.24) is 9.97 Å². The number of carbonyl (C=O) groups excluding carboxylic acids is 1. The van der Waals surface area contributed by atoms with Gasteiger partial charge in [-0.2, -0.15) is 0 Å². The maximum absolute atomic E-state index is 12.2. The van der Waals surface area contributed by atoms with E-state index in [-0.39, 0.29) is 22.7 Å². The van der Waals surface area contributed by atoms with Crippen LogP contribution in [0.1, 0.15) is 28.9 Å². The molecule has 0 spiro atoms. The Balaban J connectivity index is 1.66. The highest BCUT2D eigenvalue weighted by Gasteiger charge is 2.14. The van der Waals surface area contributed by atoms with E-state index in [9.17, 15) is 14.9 Å². The zero-order valence-electron chi connectivity index (χ0n) is 14.8. The predicted molar refractivity (Wildman–Crippen MR) is 107 cm³/mol. The zero-order valence-corrected chi connectivity index (χ0v) is 15.6. The van der Waals surface area contributed by atoms with E-state index in [0.29, 0.717) is 17.1 Å². The molecule has 1 amide bonds. The molecular weight excluding hydrogens is 382 g/mol. The van der Waals surface area contributed by atoms with Crippen molar-refractivity contribution in [2.75, 3.05) is 10.6 Å². The molecule has 8 nitrogen and oxygen atoms in total. The summed E-state index contributed by atoms with van der Waals surface area (Å²) in [5.74, 6) is 0.137. The second-order valence-electron chi connectivity index (χ2n) is 5.96. The molecule has 3 rings (SSSR count). The molecule has 2 aromatic heterocycles. The van der Waals surface area contributed by atoms with Gasteiger partial charge in [-0.3, -0.25) is 19.9 Å². The number of aromatic nitrogens is 2. The number of hydrogen-bond acceptors (Lipinski definition) is 6. The molecule has 1 unspecified atom stereocenters. The number of nitro groups is 1. The van der Waals surface area contributed by atoms with Gasteiger partial charge in [-0.25, -0.2) is 4.98 Å². The van der Waals surface area contributed by atoms with Crippen LogP contribution in [0.15, 0.2) is 61.1 Å². The van der Waals surface area contributed by atoms with E-state index in [4.69, 9.17) is 11.6 Å². The Morgan fingerprint density at radius 2 is 1.86 bits per heavy atom. The number of rotatable bonds is 6. The van der Waals surface area contributed by atoms with Gasteiger partial charge in [0.1, 0.15) is 12.0 Å². The topological polar surface area (TPSA) is 110 Å². The maximum atomic E-state index is 12.2. The number of carbonyl (C=O) groups is 1. The van der Waals surface area contributed by atoms with Crippen LogP contribution in [0.25, 0.3) is 0 Å². The van der Waals surface area contributed by atoms with Crippen molar-refractivity contribution in [3.8, 4) is 0 Å². The van der Waals surface area contributed by atoms with E-state index < -0.39 is 4.92 Å². The molecule has 0 aliphatic heterocycles. The maximum Gasteiger partial charge on any atom is 0.289 e. The zero-order chi connectivity index (χ0) is 20.1. The molecule has 2 N–H and O–H groups in total. The first-order chi connectivity index (χ1) is 13.4. The van der Waals surface area contributed by atoms with Crippen LogP contribution in [0.4, 0.5) is 17.2 Å². The lowest BCUT2D eigenvalue weighted by Gasteiger charge is -2.16.